The molecule has 0 spiro atoms. The van der Waals surface area contributed by atoms with Crippen molar-refractivity contribution in [1.82, 2.24) is 15.3 Å². The zero-order valence-corrected chi connectivity index (χ0v) is 8.66. The monoisotopic (exact) mass is 203 g/mol. The first kappa shape index (κ1) is 8.85. The van der Waals surface area contributed by atoms with Gasteiger partial charge >= 0.3 is 0 Å². The maximum absolute atomic E-state index is 5.73. The van der Waals surface area contributed by atoms with Crippen molar-refractivity contribution >= 4 is 11.2 Å². The molecule has 1 saturated carbocycles. The van der Waals surface area contributed by atoms with Crippen LogP contribution in [0.2, 0.25) is 0 Å². The fourth-order valence-corrected chi connectivity index (χ4v) is 1.95. The molecule has 15 heavy (non-hydrogen) atoms. The zero-order valence-electron chi connectivity index (χ0n) is 8.66. The molecule has 0 aromatic carbocycles. The van der Waals surface area contributed by atoms with E-state index < -0.39 is 0 Å². The predicted octanol–water partition coefficient (Wildman–Crippen LogP) is 1.47. The number of pyridine rings is 1. The molecule has 1 fully saturated rings. The van der Waals surface area contributed by atoms with E-state index in [1.165, 1.54) is 0 Å². The molecule has 78 valence electrons. The van der Waals surface area contributed by atoms with Crippen LogP contribution in [0.5, 0.6) is 0 Å². The maximum Gasteiger partial charge on any atom is 0.204 e. The van der Waals surface area contributed by atoms with E-state index in [4.69, 9.17) is 4.42 Å². The van der Waals surface area contributed by atoms with Gasteiger partial charge in [-0.1, -0.05) is 0 Å². The topological polar surface area (TPSA) is 51.0 Å². The van der Waals surface area contributed by atoms with E-state index in [1.54, 1.807) is 6.20 Å². The number of rotatable bonds is 3. The Bertz CT molecular complexity index is 454. The zero-order chi connectivity index (χ0) is 10.3. The predicted molar refractivity (Wildman–Crippen MR) is 56.6 cm³/mol. The Hall–Kier alpha value is -1.42. The lowest BCUT2D eigenvalue weighted by Crippen LogP contribution is -2.23. The highest BCUT2D eigenvalue weighted by molar-refractivity contribution is 5.67. The Balaban J connectivity index is 2.05. The summed E-state index contributed by atoms with van der Waals surface area (Å²) in [5, 5.41) is 3.19. The van der Waals surface area contributed by atoms with E-state index in [0.29, 0.717) is 0 Å². The first-order valence-corrected chi connectivity index (χ1v) is 5.21. The Morgan fingerprint density at radius 1 is 1.53 bits per heavy atom. The van der Waals surface area contributed by atoms with Crippen molar-refractivity contribution in [1.29, 1.82) is 0 Å². The molecule has 2 heterocycles. The minimum Gasteiger partial charge on any atom is -0.438 e. The smallest absolute Gasteiger partial charge is 0.204 e. The highest BCUT2D eigenvalue weighted by Crippen LogP contribution is 2.47. The first-order chi connectivity index (χ1) is 7.34. The molecule has 0 saturated heterocycles. The third-order valence-corrected chi connectivity index (χ3v) is 2.99. The molecule has 0 aliphatic heterocycles. The molecular formula is C11H13N3O. The number of nitrogens with zero attached hydrogens (tertiary/aromatic N) is 2. The summed E-state index contributed by atoms with van der Waals surface area (Å²) in [6.07, 6.45) is 4.05. The average Bonchev–Trinajstić information content (AvgIpc) is 2.91. The van der Waals surface area contributed by atoms with Crippen LogP contribution in [0.25, 0.3) is 11.2 Å². The van der Waals surface area contributed by atoms with E-state index in [9.17, 15) is 0 Å². The summed E-state index contributed by atoms with van der Waals surface area (Å²) in [6.45, 7) is 0.930. The molecule has 1 aliphatic rings. The van der Waals surface area contributed by atoms with Crippen molar-refractivity contribution < 1.29 is 4.42 Å². The van der Waals surface area contributed by atoms with Crippen molar-refractivity contribution in [2.75, 3.05) is 13.6 Å². The van der Waals surface area contributed by atoms with Crippen LogP contribution in [0.4, 0.5) is 0 Å². The lowest BCUT2D eigenvalue weighted by Gasteiger charge is -2.08. The van der Waals surface area contributed by atoms with Crippen LogP contribution >= 0.6 is 0 Å². The second kappa shape index (κ2) is 3.03. The number of hydrogen-bond acceptors (Lipinski definition) is 4. The fraction of sp³-hybridized carbons (Fsp3) is 0.455. The molecule has 2 aromatic heterocycles. The van der Waals surface area contributed by atoms with Crippen LogP contribution in [-0.4, -0.2) is 23.6 Å². The second-order valence-corrected chi connectivity index (χ2v) is 4.15. The number of nitrogens with one attached hydrogen (secondary N) is 1. The molecule has 1 aliphatic carbocycles. The third kappa shape index (κ3) is 1.33. The number of likely N-dealkylation sites (N-methyl/N-ethyl adjacent to an activating group) is 1. The summed E-state index contributed by atoms with van der Waals surface area (Å²) in [5.74, 6) is 0.838. The molecule has 1 N–H and O–H groups in total. The molecule has 0 radical (unpaired) electrons. The van der Waals surface area contributed by atoms with Gasteiger partial charge in [0.2, 0.25) is 5.89 Å². The summed E-state index contributed by atoms with van der Waals surface area (Å²) < 4.78 is 5.73. The normalized spacial score (nSPS) is 18.2. The Morgan fingerprint density at radius 2 is 2.40 bits per heavy atom. The van der Waals surface area contributed by atoms with Crippen molar-refractivity contribution in [3.8, 4) is 0 Å². The lowest BCUT2D eigenvalue weighted by molar-refractivity contribution is 0.446. The Kier molecular flexibility index (Phi) is 1.79. The van der Waals surface area contributed by atoms with Gasteiger partial charge in [0.25, 0.3) is 0 Å². The van der Waals surface area contributed by atoms with Crippen LogP contribution < -0.4 is 5.32 Å². The van der Waals surface area contributed by atoms with Crippen LogP contribution in [0, 0.1) is 0 Å². The van der Waals surface area contributed by atoms with E-state index in [2.05, 4.69) is 15.3 Å². The van der Waals surface area contributed by atoms with Gasteiger partial charge in [-0.25, -0.2) is 4.98 Å². The van der Waals surface area contributed by atoms with Gasteiger partial charge in [0.15, 0.2) is 11.2 Å². The van der Waals surface area contributed by atoms with E-state index >= 15 is 0 Å². The summed E-state index contributed by atoms with van der Waals surface area (Å²) in [5.41, 5.74) is 1.64. The Morgan fingerprint density at radius 3 is 3.07 bits per heavy atom. The highest BCUT2D eigenvalue weighted by Gasteiger charge is 2.48. The first-order valence-electron chi connectivity index (χ1n) is 5.21. The summed E-state index contributed by atoms with van der Waals surface area (Å²) in [4.78, 5) is 8.63. The van der Waals surface area contributed by atoms with Crippen LogP contribution in [0.3, 0.4) is 0 Å². The van der Waals surface area contributed by atoms with E-state index in [0.717, 1.165) is 36.5 Å². The number of fused-ring (bicyclic) bond motifs is 1. The number of oxazole rings is 1. The molecule has 4 nitrogen and oxygen atoms in total. The van der Waals surface area contributed by atoms with Gasteiger partial charge in [-0.15, -0.1) is 0 Å². The van der Waals surface area contributed by atoms with Crippen molar-refractivity contribution in [2.45, 2.75) is 18.3 Å². The Labute approximate surface area is 87.7 Å². The second-order valence-electron chi connectivity index (χ2n) is 4.15. The van der Waals surface area contributed by atoms with Crippen LogP contribution in [-0.2, 0) is 5.41 Å². The van der Waals surface area contributed by atoms with Gasteiger partial charge in [0, 0.05) is 12.7 Å². The van der Waals surface area contributed by atoms with Crippen molar-refractivity contribution in [3.63, 3.8) is 0 Å². The molecule has 0 bridgehead atoms. The summed E-state index contributed by atoms with van der Waals surface area (Å²) in [6, 6.07) is 3.78. The molecule has 3 rings (SSSR count). The molecule has 0 unspecified atom stereocenters. The number of aromatic nitrogens is 2. The SMILES string of the molecule is CNCC1(c2nc3ncccc3o2)CC1. The van der Waals surface area contributed by atoms with Gasteiger partial charge < -0.3 is 9.73 Å². The van der Waals surface area contributed by atoms with Gasteiger partial charge in [0.05, 0.1) is 5.41 Å². The average molecular weight is 203 g/mol. The molecule has 0 amide bonds. The van der Waals surface area contributed by atoms with Crippen molar-refractivity contribution in [2.24, 2.45) is 0 Å². The van der Waals surface area contributed by atoms with Gasteiger partial charge in [0.1, 0.15) is 0 Å². The number of hydrogen-bond donors (Lipinski definition) is 1. The van der Waals surface area contributed by atoms with Crippen LogP contribution in [0.1, 0.15) is 18.7 Å². The maximum atomic E-state index is 5.73. The van der Waals surface area contributed by atoms with Gasteiger partial charge in [-0.05, 0) is 32.0 Å². The molecule has 0 atom stereocenters. The van der Waals surface area contributed by atoms with Crippen molar-refractivity contribution in [3.05, 3.63) is 24.2 Å². The van der Waals surface area contributed by atoms with E-state index in [-0.39, 0.29) is 5.41 Å². The standard InChI is InChI=1S/C11H13N3O/c1-12-7-11(4-5-11)10-14-9-8(15-10)3-2-6-13-9/h2-3,6,12H,4-5,7H2,1H3. The lowest BCUT2D eigenvalue weighted by atomic mass is 10.1. The fourth-order valence-electron chi connectivity index (χ4n) is 1.95. The largest absolute Gasteiger partial charge is 0.438 e. The molecule has 2 aromatic rings. The van der Waals surface area contributed by atoms with Gasteiger partial charge in [-0.3, -0.25) is 0 Å². The summed E-state index contributed by atoms with van der Waals surface area (Å²) >= 11 is 0. The van der Waals surface area contributed by atoms with Crippen LogP contribution in [0.15, 0.2) is 22.7 Å². The quantitative estimate of drug-likeness (QED) is 0.820. The van der Waals surface area contributed by atoms with E-state index in [1.807, 2.05) is 19.2 Å². The minimum atomic E-state index is 0.134. The molecular weight excluding hydrogens is 190 g/mol. The molecule has 4 heteroatoms. The highest BCUT2D eigenvalue weighted by atomic mass is 16.4. The minimum absolute atomic E-state index is 0.134. The third-order valence-electron chi connectivity index (χ3n) is 2.99. The summed E-state index contributed by atoms with van der Waals surface area (Å²) in [7, 11) is 1.96. The van der Waals surface area contributed by atoms with Gasteiger partial charge in [-0.2, -0.15) is 4.98 Å².